The number of aromatic amines is 1. The summed E-state index contributed by atoms with van der Waals surface area (Å²) in [4.78, 5) is 8.23. The molecule has 0 saturated carbocycles. The van der Waals surface area contributed by atoms with Crippen molar-refractivity contribution in [3.63, 3.8) is 0 Å². The lowest BCUT2D eigenvalue weighted by molar-refractivity contribution is 0.0125. The number of aromatic nitrogens is 4. The number of fused-ring (bicyclic) bond motifs is 1. The van der Waals surface area contributed by atoms with Gasteiger partial charge in [0.05, 0.1) is 17.5 Å². The van der Waals surface area contributed by atoms with Gasteiger partial charge in [0.15, 0.2) is 0 Å². The molecule has 1 aliphatic carbocycles. The number of ether oxygens (including phenoxy) is 1. The van der Waals surface area contributed by atoms with Gasteiger partial charge in [-0.1, -0.05) is 12.2 Å². The molecule has 7 nitrogen and oxygen atoms in total. The van der Waals surface area contributed by atoms with Gasteiger partial charge in [-0.2, -0.15) is 5.10 Å². The third-order valence-electron chi connectivity index (χ3n) is 4.09. The predicted octanol–water partition coefficient (Wildman–Crippen LogP) is 0.946. The lowest BCUT2D eigenvalue weighted by Gasteiger charge is -2.11. The number of rotatable bonds is 1. The van der Waals surface area contributed by atoms with E-state index in [-0.39, 0.29) is 6.10 Å². The summed E-state index contributed by atoms with van der Waals surface area (Å²) < 4.78 is 5.36. The summed E-state index contributed by atoms with van der Waals surface area (Å²) in [5, 5.41) is 25.5. The summed E-state index contributed by atoms with van der Waals surface area (Å²) in [5.41, 5.74) is 4.14. The molecule has 3 heterocycles. The Morgan fingerprint density at radius 1 is 1.26 bits per heavy atom. The van der Waals surface area contributed by atoms with E-state index in [0.717, 1.165) is 17.8 Å². The third-order valence-corrected chi connectivity index (χ3v) is 4.09. The quantitative estimate of drug-likeness (QED) is 0.723. The average molecular weight is 316 g/mol. The lowest BCUT2D eigenvalue weighted by atomic mass is 10.1. The summed E-state index contributed by atoms with van der Waals surface area (Å²) in [6.45, 7) is 3.74. The van der Waals surface area contributed by atoms with E-state index < -0.39 is 18.3 Å². The van der Waals surface area contributed by atoms with Crippen LogP contribution in [0.4, 0.5) is 0 Å². The number of aryl methyl sites for hydroxylation is 1. The molecule has 0 aromatic carbocycles. The van der Waals surface area contributed by atoms with Crippen LogP contribution in [0.1, 0.15) is 35.7 Å². The maximum absolute atomic E-state index is 9.58. The van der Waals surface area contributed by atoms with Crippen LogP contribution in [0.3, 0.4) is 0 Å². The Hall–Kier alpha value is -2.09. The van der Waals surface area contributed by atoms with Crippen LogP contribution in [0, 0.1) is 6.92 Å². The topological polar surface area (TPSA) is 104 Å². The minimum Gasteiger partial charge on any atom is -0.388 e. The summed E-state index contributed by atoms with van der Waals surface area (Å²) in [6, 6.07) is 1.72. The standard InChI is InChI=1S/C8H12N2O3.C8H8N2/c1-4-6(11)7(12)8(13-4)5-2-3-9-10-5;1-6-7-3-2-4-8(7)10-5-9-6/h2-4,6-8,11-12H,1H3,(H,9,10);2-3,5H,4H2,1H3. The average Bonchev–Trinajstić information content (AvgIpc) is 3.26. The summed E-state index contributed by atoms with van der Waals surface area (Å²) >= 11 is 0. The van der Waals surface area contributed by atoms with E-state index in [1.54, 1.807) is 25.5 Å². The minimum atomic E-state index is -0.879. The second kappa shape index (κ2) is 6.57. The number of hydrogen-bond acceptors (Lipinski definition) is 6. The second-order valence-corrected chi connectivity index (χ2v) is 5.68. The van der Waals surface area contributed by atoms with Crippen LogP contribution in [0.25, 0.3) is 6.08 Å². The molecule has 0 radical (unpaired) electrons. The molecular formula is C16H20N4O3. The van der Waals surface area contributed by atoms with Gasteiger partial charge in [0.1, 0.15) is 24.6 Å². The number of allylic oxidation sites excluding steroid dienone is 1. The molecule has 0 amide bonds. The summed E-state index contributed by atoms with van der Waals surface area (Å²) in [7, 11) is 0. The summed E-state index contributed by atoms with van der Waals surface area (Å²) in [6.07, 6.45) is 5.84. The largest absolute Gasteiger partial charge is 0.388 e. The van der Waals surface area contributed by atoms with Crippen LogP contribution in [0.15, 0.2) is 24.7 Å². The fraction of sp³-hybridized carbons (Fsp3) is 0.438. The number of aliphatic hydroxyl groups is 2. The number of H-pyrrole nitrogens is 1. The Bertz CT molecular complexity index is 687. The van der Waals surface area contributed by atoms with Crippen LogP contribution in [-0.2, 0) is 11.2 Å². The molecule has 1 fully saturated rings. The van der Waals surface area contributed by atoms with Gasteiger partial charge in [0.25, 0.3) is 0 Å². The molecule has 2 aromatic rings. The first-order chi connectivity index (χ1) is 11.1. The fourth-order valence-electron chi connectivity index (χ4n) is 2.73. The highest BCUT2D eigenvalue weighted by Crippen LogP contribution is 2.31. The van der Waals surface area contributed by atoms with Gasteiger partial charge in [-0.3, -0.25) is 5.10 Å². The Morgan fingerprint density at radius 3 is 2.70 bits per heavy atom. The van der Waals surface area contributed by atoms with Crippen LogP contribution in [-0.4, -0.2) is 48.7 Å². The van der Waals surface area contributed by atoms with Gasteiger partial charge in [-0.25, -0.2) is 9.97 Å². The molecule has 4 rings (SSSR count). The molecule has 2 aliphatic rings. The first-order valence-corrected chi connectivity index (χ1v) is 7.56. The number of aliphatic hydroxyl groups excluding tert-OH is 2. The van der Waals surface area contributed by atoms with Gasteiger partial charge in [-0.15, -0.1) is 0 Å². The monoisotopic (exact) mass is 316 g/mol. The van der Waals surface area contributed by atoms with Gasteiger partial charge in [0, 0.05) is 23.9 Å². The van der Waals surface area contributed by atoms with Crippen LogP contribution < -0.4 is 0 Å². The number of nitrogens with one attached hydrogen (secondary N) is 1. The van der Waals surface area contributed by atoms with E-state index in [1.165, 1.54) is 5.56 Å². The molecular weight excluding hydrogens is 296 g/mol. The maximum Gasteiger partial charge on any atom is 0.128 e. The van der Waals surface area contributed by atoms with E-state index in [2.05, 4.69) is 32.3 Å². The Labute approximate surface area is 134 Å². The molecule has 1 aliphatic heterocycles. The first kappa shape index (κ1) is 15.8. The predicted molar refractivity (Wildman–Crippen MR) is 83.4 cm³/mol. The molecule has 0 bridgehead atoms. The smallest absolute Gasteiger partial charge is 0.128 e. The molecule has 0 spiro atoms. The van der Waals surface area contributed by atoms with E-state index >= 15 is 0 Å². The van der Waals surface area contributed by atoms with Gasteiger partial charge < -0.3 is 14.9 Å². The minimum absolute atomic E-state index is 0.344. The fourth-order valence-corrected chi connectivity index (χ4v) is 2.73. The second-order valence-electron chi connectivity index (χ2n) is 5.68. The number of hydrogen-bond donors (Lipinski definition) is 3. The van der Waals surface area contributed by atoms with Crippen molar-refractivity contribution in [3.05, 3.63) is 47.3 Å². The van der Waals surface area contributed by atoms with Crippen LogP contribution in [0.2, 0.25) is 0 Å². The molecule has 2 aromatic heterocycles. The van der Waals surface area contributed by atoms with E-state index in [4.69, 9.17) is 4.74 Å². The molecule has 122 valence electrons. The van der Waals surface area contributed by atoms with Crippen molar-refractivity contribution >= 4 is 6.08 Å². The highest BCUT2D eigenvalue weighted by Gasteiger charge is 2.41. The molecule has 7 heteroatoms. The Balaban J connectivity index is 0.000000140. The first-order valence-electron chi connectivity index (χ1n) is 7.56. The third kappa shape index (κ3) is 3.17. The lowest BCUT2D eigenvalue weighted by Crippen LogP contribution is -2.28. The molecule has 23 heavy (non-hydrogen) atoms. The van der Waals surface area contributed by atoms with Crippen LogP contribution in [0.5, 0.6) is 0 Å². The van der Waals surface area contributed by atoms with Gasteiger partial charge in [-0.05, 0) is 19.9 Å². The van der Waals surface area contributed by atoms with Crippen molar-refractivity contribution in [1.82, 2.24) is 20.2 Å². The summed E-state index contributed by atoms with van der Waals surface area (Å²) in [5.74, 6) is 0. The Morgan fingerprint density at radius 2 is 2.09 bits per heavy atom. The molecule has 4 unspecified atom stereocenters. The molecule has 1 saturated heterocycles. The van der Waals surface area contributed by atoms with Crippen molar-refractivity contribution in [1.29, 1.82) is 0 Å². The number of nitrogens with zero attached hydrogens (tertiary/aromatic N) is 3. The van der Waals surface area contributed by atoms with E-state index in [1.807, 2.05) is 6.92 Å². The highest BCUT2D eigenvalue weighted by atomic mass is 16.5. The van der Waals surface area contributed by atoms with Gasteiger partial charge in [0.2, 0.25) is 0 Å². The van der Waals surface area contributed by atoms with Crippen molar-refractivity contribution in [2.75, 3.05) is 0 Å². The molecule has 3 N–H and O–H groups in total. The Kier molecular flexibility index (Phi) is 4.51. The normalized spacial score (nSPS) is 28.3. The van der Waals surface area contributed by atoms with Crippen molar-refractivity contribution < 1.29 is 14.9 Å². The zero-order valence-corrected chi connectivity index (χ0v) is 13.0. The van der Waals surface area contributed by atoms with Crippen molar-refractivity contribution in [2.24, 2.45) is 0 Å². The van der Waals surface area contributed by atoms with Crippen LogP contribution >= 0.6 is 0 Å². The van der Waals surface area contributed by atoms with Crippen molar-refractivity contribution in [3.8, 4) is 0 Å². The SMILES string of the molecule is CC1OC(c2ccn[nH]2)C(O)C1O.Cc1ncnc2c1C=CC2. The van der Waals surface area contributed by atoms with Crippen molar-refractivity contribution in [2.45, 2.75) is 44.7 Å². The van der Waals surface area contributed by atoms with E-state index in [9.17, 15) is 10.2 Å². The highest BCUT2D eigenvalue weighted by molar-refractivity contribution is 5.59. The zero-order chi connectivity index (χ0) is 16.4. The van der Waals surface area contributed by atoms with Gasteiger partial charge >= 0.3 is 0 Å². The molecule has 4 atom stereocenters. The zero-order valence-electron chi connectivity index (χ0n) is 13.0. The maximum atomic E-state index is 9.58. The van der Waals surface area contributed by atoms with E-state index in [0.29, 0.717) is 5.69 Å².